The Bertz CT molecular complexity index is 671. The number of carboxylic acid groups (broad SMARTS) is 1. The predicted molar refractivity (Wildman–Crippen MR) is 92.5 cm³/mol. The Morgan fingerprint density at radius 1 is 1.00 bits per heavy atom. The number of carbonyl (C=O) groups is 1. The third-order valence-corrected chi connectivity index (χ3v) is 3.82. The standard InChI is InChI=1S/C19H23FN2O2/c1-21(2)11-12-22(14-17-5-3-4-6-18(17)20)13-15-7-9-16(10-8-15)19(23)24/h3-10H,11-14H2,1-2H3,(H,23,24). The molecule has 0 aliphatic rings. The van der Waals surface area contributed by atoms with E-state index in [1.807, 2.05) is 32.3 Å². The molecule has 24 heavy (non-hydrogen) atoms. The van der Waals surface area contributed by atoms with Crippen molar-refractivity contribution in [2.75, 3.05) is 27.2 Å². The Kier molecular flexibility index (Phi) is 6.46. The molecule has 0 atom stereocenters. The van der Waals surface area contributed by atoms with Crippen LogP contribution in [0.15, 0.2) is 48.5 Å². The summed E-state index contributed by atoms with van der Waals surface area (Å²) in [7, 11) is 4.01. The third kappa shape index (κ3) is 5.44. The van der Waals surface area contributed by atoms with Gasteiger partial charge < -0.3 is 10.0 Å². The van der Waals surface area contributed by atoms with Crippen LogP contribution in [-0.2, 0) is 13.1 Å². The monoisotopic (exact) mass is 330 g/mol. The van der Waals surface area contributed by atoms with E-state index in [1.165, 1.54) is 6.07 Å². The van der Waals surface area contributed by atoms with Crippen LogP contribution < -0.4 is 0 Å². The summed E-state index contributed by atoms with van der Waals surface area (Å²) in [6.45, 7) is 2.81. The van der Waals surface area contributed by atoms with Gasteiger partial charge in [0.2, 0.25) is 0 Å². The van der Waals surface area contributed by atoms with Crippen LogP contribution in [0.5, 0.6) is 0 Å². The van der Waals surface area contributed by atoms with Gasteiger partial charge in [-0.15, -0.1) is 0 Å². The first-order chi connectivity index (χ1) is 11.5. The maximum atomic E-state index is 13.9. The van der Waals surface area contributed by atoms with Gasteiger partial charge in [0, 0.05) is 31.7 Å². The number of hydrogen-bond acceptors (Lipinski definition) is 3. The summed E-state index contributed by atoms with van der Waals surface area (Å²) >= 11 is 0. The quantitative estimate of drug-likeness (QED) is 0.808. The zero-order valence-corrected chi connectivity index (χ0v) is 14.1. The molecular formula is C19H23FN2O2. The molecule has 2 aromatic carbocycles. The fourth-order valence-electron chi connectivity index (χ4n) is 2.43. The Morgan fingerprint density at radius 2 is 1.67 bits per heavy atom. The molecule has 0 fully saturated rings. The van der Waals surface area contributed by atoms with Gasteiger partial charge in [0.1, 0.15) is 5.82 Å². The van der Waals surface area contributed by atoms with Gasteiger partial charge in [0.25, 0.3) is 0 Å². The molecule has 0 spiro atoms. The molecule has 1 N–H and O–H groups in total. The minimum absolute atomic E-state index is 0.200. The minimum Gasteiger partial charge on any atom is -0.478 e. The van der Waals surface area contributed by atoms with Gasteiger partial charge >= 0.3 is 5.97 Å². The van der Waals surface area contributed by atoms with Crippen LogP contribution in [0, 0.1) is 5.82 Å². The lowest BCUT2D eigenvalue weighted by molar-refractivity contribution is 0.0697. The molecule has 0 unspecified atom stereocenters. The second-order valence-corrected chi connectivity index (χ2v) is 6.11. The highest BCUT2D eigenvalue weighted by Crippen LogP contribution is 2.14. The molecule has 2 rings (SSSR count). The average molecular weight is 330 g/mol. The lowest BCUT2D eigenvalue weighted by Crippen LogP contribution is -2.31. The van der Waals surface area contributed by atoms with E-state index in [9.17, 15) is 9.18 Å². The molecule has 0 radical (unpaired) electrons. The van der Waals surface area contributed by atoms with Crippen molar-refractivity contribution < 1.29 is 14.3 Å². The molecule has 2 aromatic rings. The number of halogens is 1. The van der Waals surface area contributed by atoms with E-state index in [0.717, 1.165) is 18.7 Å². The van der Waals surface area contributed by atoms with E-state index in [4.69, 9.17) is 5.11 Å². The van der Waals surface area contributed by atoms with Crippen molar-refractivity contribution >= 4 is 5.97 Å². The summed E-state index contributed by atoms with van der Waals surface area (Å²) in [6, 6.07) is 13.6. The summed E-state index contributed by atoms with van der Waals surface area (Å²) < 4.78 is 13.9. The zero-order valence-electron chi connectivity index (χ0n) is 14.1. The van der Waals surface area contributed by atoms with Crippen LogP contribution in [0.4, 0.5) is 4.39 Å². The predicted octanol–water partition coefficient (Wildman–Crippen LogP) is 3.09. The number of carboxylic acids is 1. The molecule has 0 aliphatic carbocycles. The molecular weight excluding hydrogens is 307 g/mol. The van der Waals surface area contributed by atoms with E-state index in [-0.39, 0.29) is 11.4 Å². The van der Waals surface area contributed by atoms with E-state index >= 15 is 0 Å². The number of nitrogens with zero attached hydrogens (tertiary/aromatic N) is 2. The first kappa shape index (κ1) is 18.1. The molecule has 5 heteroatoms. The Labute approximate surface area is 142 Å². The van der Waals surface area contributed by atoms with Gasteiger partial charge in [-0.1, -0.05) is 30.3 Å². The smallest absolute Gasteiger partial charge is 0.335 e. The largest absolute Gasteiger partial charge is 0.478 e. The van der Waals surface area contributed by atoms with Crippen molar-refractivity contribution in [1.82, 2.24) is 9.80 Å². The van der Waals surface area contributed by atoms with Gasteiger partial charge in [-0.25, -0.2) is 9.18 Å². The lowest BCUT2D eigenvalue weighted by Gasteiger charge is -2.24. The molecule has 0 bridgehead atoms. The van der Waals surface area contributed by atoms with Crippen LogP contribution in [0.2, 0.25) is 0 Å². The normalized spacial score (nSPS) is 11.2. The van der Waals surface area contributed by atoms with Crippen molar-refractivity contribution in [2.24, 2.45) is 0 Å². The molecule has 0 aromatic heterocycles. The van der Waals surface area contributed by atoms with Gasteiger partial charge in [0.15, 0.2) is 0 Å². The van der Waals surface area contributed by atoms with E-state index in [2.05, 4.69) is 9.80 Å². The highest BCUT2D eigenvalue weighted by Gasteiger charge is 2.11. The fraction of sp³-hybridized carbons (Fsp3) is 0.316. The topological polar surface area (TPSA) is 43.8 Å². The van der Waals surface area contributed by atoms with E-state index in [1.54, 1.807) is 24.3 Å². The van der Waals surface area contributed by atoms with Gasteiger partial charge in [-0.3, -0.25) is 4.90 Å². The first-order valence-corrected chi connectivity index (χ1v) is 7.88. The van der Waals surface area contributed by atoms with Crippen LogP contribution >= 0.6 is 0 Å². The van der Waals surface area contributed by atoms with E-state index in [0.29, 0.717) is 18.7 Å². The van der Waals surface area contributed by atoms with Crippen LogP contribution in [0.25, 0.3) is 0 Å². The second-order valence-electron chi connectivity index (χ2n) is 6.11. The van der Waals surface area contributed by atoms with Crippen LogP contribution in [-0.4, -0.2) is 48.1 Å². The zero-order chi connectivity index (χ0) is 17.5. The number of likely N-dealkylation sites (N-methyl/N-ethyl adjacent to an activating group) is 1. The summed E-state index contributed by atoms with van der Waals surface area (Å²) in [5.41, 5.74) is 1.95. The molecule has 0 saturated heterocycles. The fourth-order valence-corrected chi connectivity index (χ4v) is 2.43. The number of rotatable bonds is 8. The molecule has 0 aliphatic heterocycles. The Hall–Kier alpha value is -2.24. The van der Waals surface area contributed by atoms with Crippen molar-refractivity contribution in [1.29, 1.82) is 0 Å². The molecule has 4 nitrogen and oxygen atoms in total. The summed E-state index contributed by atoms with van der Waals surface area (Å²) in [6.07, 6.45) is 0. The maximum absolute atomic E-state index is 13.9. The van der Waals surface area contributed by atoms with Crippen molar-refractivity contribution in [3.63, 3.8) is 0 Å². The minimum atomic E-state index is -0.933. The first-order valence-electron chi connectivity index (χ1n) is 7.88. The maximum Gasteiger partial charge on any atom is 0.335 e. The lowest BCUT2D eigenvalue weighted by atomic mass is 10.1. The summed E-state index contributed by atoms with van der Waals surface area (Å²) in [4.78, 5) is 15.2. The molecule has 0 saturated carbocycles. The third-order valence-electron chi connectivity index (χ3n) is 3.82. The SMILES string of the molecule is CN(C)CCN(Cc1ccc(C(=O)O)cc1)Cc1ccccc1F. The van der Waals surface area contributed by atoms with Crippen molar-refractivity contribution in [3.8, 4) is 0 Å². The number of hydrogen-bond donors (Lipinski definition) is 1. The summed E-state index contributed by atoms with van der Waals surface area (Å²) in [5.74, 6) is -1.13. The number of benzene rings is 2. The van der Waals surface area contributed by atoms with E-state index < -0.39 is 5.97 Å². The average Bonchev–Trinajstić information content (AvgIpc) is 2.55. The Balaban J connectivity index is 2.10. The van der Waals surface area contributed by atoms with Crippen LogP contribution in [0.3, 0.4) is 0 Å². The highest BCUT2D eigenvalue weighted by molar-refractivity contribution is 5.87. The number of aromatic carboxylic acids is 1. The van der Waals surface area contributed by atoms with Gasteiger partial charge in [-0.2, -0.15) is 0 Å². The second kappa shape index (κ2) is 8.57. The van der Waals surface area contributed by atoms with Gasteiger partial charge in [0.05, 0.1) is 5.56 Å². The van der Waals surface area contributed by atoms with Crippen molar-refractivity contribution in [2.45, 2.75) is 13.1 Å². The Morgan fingerprint density at radius 3 is 2.25 bits per heavy atom. The van der Waals surface area contributed by atoms with Crippen LogP contribution in [0.1, 0.15) is 21.5 Å². The summed E-state index contributed by atoms with van der Waals surface area (Å²) in [5, 5.41) is 8.97. The molecule has 128 valence electrons. The van der Waals surface area contributed by atoms with Crippen molar-refractivity contribution in [3.05, 3.63) is 71.0 Å². The van der Waals surface area contributed by atoms with Gasteiger partial charge in [-0.05, 0) is 37.9 Å². The molecule has 0 heterocycles. The highest BCUT2D eigenvalue weighted by atomic mass is 19.1. The molecule has 0 amide bonds.